The quantitative estimate of drug-likeness (QED) is 0.0723. The molecule has 3 aromatic rings. The summed E-state index contributed by atoms with van der Waals surface area (Å²) in [6, 6.07) is 16.7. The summed E-state index contributed by atoms with van der Waals surface area (Å²) in [7, 11) is 0. The Morgan fingerprint density at radius 2 is 1.54 bits per heavy atom. The summed E-state index contributed by atoms with van der Waals surface area (Å²) < 4.78 is 22.2. The molecule has 0 aliphatic carbocycles. The summed E-state index contributed by atoms with van der Waals surface area (Å²) in [4.78, 5) is 37.7. The van der Waals surface area contributed by atoms with Gasteiger partial charge in [-0.3, -0.25) is 15.5 Å². The molecule has 3 rings (SSSR count). The number of ether oxygens (including phenoxy) is 4. The number of benzene rings is 3. The third-order valence-corrected chi connectivity index (χ3v) is 5.93. The Bertz CT molecular complexity index is 1560. The van der Waals surface area contributed by atoms with Gasteiger partial charge in [0.15, 0.2) is 18.1 Å². The largest absolute Gasteiger partial charge is 0.490 e. The van der Waals surface area contributed by atoms with Crippen molar-refractivity contribution in [2.75, 3.05) is 29.6 Å². The Kier molecular flexibility index (Phi) is 11.6. The van der Waals surface area contributed by atoms with Gasteiger partial charge in [-0.15, -0.1) is 0 Å². The van der Waals surface area contributed by atoms with E-state index in [4.69, 9.17) is 30.1 Å². The molecule has 2 amide bonds. The average Bonchev–Trinajstić information content (AvgIpc) is 2.94. The van der Waals surface area contributed by atoms with Crippen LogP contribution in [0.3, 0.4) is 0 Å². The topological polar surface area (TPSA) is 174 Å². The van der Waals surface area contributed by atoms with Crippen LogP contribution in [0.15, 0.2) is 60.7 Å². The van der Waals surface area contributed by atoms with Gasteiger partial charge in [0.1, 0.15) is 17.0 Å². The molecule has 3 aromatic carbocycles. The Morgan fingerprint density at radius 3 is 2.17 bits per heavy atom. The van der Waals surface area contributed by atoms with Gasteiger partial charge in [0.05, 0.1) is 12.2 Å². The fourth-order valence-corrected chi connectivity index (χ4v) is 4.13. The zero-order chi connectivity index (χ0) is 34.1. The lowest BCUT2D eigenvalue weighted by atomic mass is 10.1. The van der Waals surface area contributed by atoms with Gasteiger partial charge < -0.3 is 35.3 Å². The predicted molar refractivity (Wildman–Crippen MR) is 178 cm³/mol. The zero-order valence-electron chi connectivity index (χ0n) is 27.3. The number of hydrogen-bond acceptors (Lipinski definition) is 10. The third kappa shape index (κ3) is 11.0. The van der Waals surface area contributed by atoms with Gasteiger partial charge in [-0.1, -0.05) is 12.1 Å². The molecule has 46 heavy (non-hydrogen) atoms. The highest BCUT2D eigenvalue weighted by molar-refractivity contribution is 6.09. The highest BCUT2D eigenvalue weighted by atomic mass is 16.6. The molecule has 0 atom stereocenters. The normalized spacial score (nSPS) is 11.2. The number of rotatable bonds is 11. The third-order valence-electron chi connectivity index (χ3n) is 5.93. The molecule has 0 spiro atoms. The van der Waals surface area contributed by atoms with Crippen LogP contribution in [0.5, 0.6) is 11.5 Å². The van der Waals surface area contributed by atoms with E-state index in [-0.39, 0.29) is 19.0 Å². The number of carbonyl (C=O) groups excluding carboxylic acids is 3. The Morgan fingerprint density at radius 1 is 0.870 bits per heavy atom. The van der Waals surface area contributed by atoms with E-state index in [2.05, 4.69) is 16.0 Å². The highest BCUT2D eigenvalue weighted by Gasteiger charge is 2.20. The Hall–Kier alpha value is -5.26. The summed E-state index contributed by atoms with van der Waals surface area (Å²) in [5, 5.41) is 16.7. The molecule has 0 radical (unpaired) electrons. The molecule has 12 nitrogen and oxygen atoms in total. The van der Waals surface area contributed by atoms with Gasteiger partial charge in [0.2, 0.25) is 0 Å². The van der Waals surface area contributed by atoms with E-state index in [1.54, 1.807) is 90.1 Å². The van der Waals surface area contributed by atoms with Gasteiger partial charge >= 0.3 is 12.1 Å². The molecule has 6 N–H and O–H groups in total. The van der Waals surface area contributed by atoms with Crippen molar-refractivity contribution < 1.29 is 33.3 Å². The minimum atomic E-state index is -0.733. The standard InChI is InChI=1S/C34H43N5O7/c1-8-43-27-11-9-10-22(29(27)44-20-28(40)45-33(2,3)4)19-37-26-17-14-23(35)18-25(26)31(41)38-24-15-12-21(13-16-24)30(36)39-32(42)46-34(5,6)7/h9-18,37H,8,19-20,35H2,1-7H3,(H,38,41)(H2,36,39,42). The number of nitrogen functional groups attached to an aromatic ring is 1. The molecular formula is C34H43N5O7. The summed E-state index contributed by atoms with van der Waals surface area (Å²) in [5.74, 6) is -0.222. The van der Waals surface area contributed by atoms with Crippen molar-refractivity contribution in [3.63, 3.8) is 0 Å². The Balaban J connectivity index is 1.73. The fourth-order valence-electron chi connectivity index (χ4n) is 4.13. The number of nitrogens with one attached hydrogen (secondary N) is 4. The smallest absolute Gasteiger partial charge is 0.413 e. The van der Waals surface area contributed by atoms with Crippen molar-refractivity contribution in [2.45, 2.75) is 66.2 Å². The van der Waals surface area contributed by atoms with Crippen LogP contribution in [0.2, 0.25) is 0 Å². The number of carbonyl (C=O) groups is 3. The van der Waals surface area contributed by atoms with Crippen LogP contribution in [0.1, 0.15) is 70.0 Å². The first kappa shape index (κ1) is 35.2. The summed E-state index contributed by atoms with van der Waals surface area (Å²) >= 11 is 0. The first-order valence-corrected chi connectivity index (χ1v) is 14.8. The molecule has 0 aromatic heterocycles. The predicted octanol–water partition coefficient (Wildman–Crippen LogP) is 6.10. The van der Waals surface area contributed by atoms with Crippen molar-refractivity contribution in [3.8, 4) is 11.5 Å². The lowest BCUT2D eigenvalue weighted by Crippen LogP contribution is -2.36. The number of hydrogen-bond donors (Lipinski definition) is 5. The number of amidine groups is 1. The monoisotopic (exact) mass is 633 g/mol. The zero-order valence-corrected chi connectivity index (χ0v) is 27.3. The van der Waals surface area contributed by atoms with Gasteiger partial charge in [0, 0.05) is 34.7 Å². The van der Waals surface area contributed by atoms with E-state index in [1.165, 1.54) is 0 Å². The second-order valence-electron chi connectivity index (χ2n) is 12.2. The summed E-state index contributed by atoms with van der Waals surface area (Å²) in [5.41, 5.74) is 7.46. The van der Waals surface area contributed by atoms with Crippen molar-refractivity contribution >= 4 is 40.9 Å². The number of anilines is 3. The number of amides is 2. The molecular weight excluding hydrogens is 590 g/mol. The summed E-state index contributed by atoms with van der Waals surface area (Å²) in [6.45, 7) is 12.7. The number of nitrogens with two attached hydrogens (primary N) is 1. The molecule has 0 saturated heterocycles. The van der Waals surface area contributed by atoms with Gasteiger partial charge in [0.25, 0.3) is 5.91 Å². The fraction of sp³-hybridized carbons (Fsp3) is 0.353. The van der Waals surface area contributed by atoms with E-state index >= 15 is 0 Å². The maximum absolute atomic E-state index is 13.4. The molecule has 0 bridgehead atoms. The van der Waals surface area contributed by atoms with Crippen LogP contribution < -0.4 is 31.2 Å². The van der Waals surface area contributed by atoms with Crippen LogP contribution in [0.25, 0.3) is 0 Å². The van der Waals surface area contributed by atoms with Gasteiger partial charge in [-0.2, -0.15) is 0 Å². The van der Waals surface area contributed by atoms with Gasteiger partial charge in [-0.25, -0.2) is 9.59 Å². The lowest BCUT2D eigenvalue weighted by Gasteiger charge is -2.21. The van der Waals surface area contributed by atoms with Crippen LogP contribution in [-0.4, -0.2) is 48.2 Å². The summed E-state index contributed by atoms with van der Waals surface area (Å²) in [6.07, 6.45) is -0.733. The SMILES string of the molecule is CCOc1cccc(CNc2ccc(N)cc2C(=O)Nc2ccc(C(=N)NC(=O)OC(C)(C)C)cc2)c1OCC(=O)OC(C)(C)C. The molecule has 246 valence electrons. The maximum atomic E-state index is 13.4. The molecule has 0 aliphatic rings. The van der Waals surface area contributed by atoms with E-state index in [0.717, 1.165) is 0 Å². The molecule has 0 unspecified atom stereocenters. The minimum Gasteiger partial charge on any atom is -0.490 e. The van der Waals surface area contributed by atoms with Gasteiger partial charge in [-0.05, 0) is 97.0 Å². The average molecular weight is 634 g/mol. The maximum Gasteiger partial charge on any atom is 0.413 e. The highest BCUT2D eigenvalue weighted by Crippen LogP contribution is 2.33. The first-order chi connectivity index (χ1) is 21.5. The Labute approximate surface area is 269 Å². The van der Waals surface area contributed by atoms with E-state index in [9.17, 15) is 14.4 Å². The molecule has 12 heteroatoms. The number of esters is 1. The molecule has 0 aliphatic heterocycles. The molecule has 0 fully saturated rings. The minimum absolute atomic E-state index is 0.141. The van der Waals surface area contributed by atoms with Crippen molar-refractivity contribution in [2.24, 2.45) is 0 Å². The van der Waals surface area contributed by atoms with E-state index < -0.39 is 29.2 Å². The first-order valence-electron chi connectivity index (χ1n) is 14.8. The molecule has 0 heterocycles. The van der Waals surface area contributed by atoms with Crippen LogP contribution >= 0.6 is 0 Å². The van der Waals surface area contributed by atoms with Crippen molar-refractivity contribution in [3.05, 3.63) is 77.4 Å². The van der Waals surface area contributed by atoms with Crippen LogP contribution in [0, 0.1) is 5.41 Å². The van der Waals surface area contributed by atoms with Crippen molar-refractivity contribution in [1.29, 1.82) is 5.41 Å². The second kappa shape index (κ2) is 15.2. The second-order valence-corrected chi connectivity index (χ2v) is 12.2. The van der Waals surface area contributed by atoms with Crippen molar-refractivity contribution in [1.82, 2.24) is 5.32 Å². The van der Waals surface area contributed by atoms with E-state index in [0.29, 0.717) is 51.9 Å². The van der Waals surface area contributed by atoms with Crippen LogP contribution in [-0.2, 0) is 20.8 Å². The lowest BCUT2D eigenvalue weighted by molar-refractivity contribution is -0.157. The number of para-hydroxylation sites is 1. The van der Waals surface area contributed by atoms with E-state index in [1.807, 2.05) is 19.1 Å². The number of alkyl carbamates (subject to hydrolysis) is 1. The van der Waals surface area contributed by atoms with Crippen LogP contribution in [0.4, 0.5) is 21.9 Å². The molecule has 0 saturated carbocycles.